The maximum Gasteiger partial charge on any atom is 0.162 e. The molecule has 4 saturated carbocycles. The van der Waals surface area contributed by atoms with Crippen molar-refractivity contribution in [2.45, 2.75) is 107 Å². The Hall–Kier alpha value is -1.47. The summed E-state index contributed by atoms with van der Waals surface area (Å²) in [7, 11) is 0. The van der Waals surface area contributed by atoms with Crippen molar-refractivity contribution in [2.75, 3.05) is 5.75 Å². The van der Waals surface area contributed by atoms with Gasteiger partial charge in [0.1, 0.15) is 0 Å². The molecule has 2 bridgehead atoms. The van der Waals surface area contributed by atoms with Crippen molar-refractivity contribution in [1.29, 1.82) is 0 Å². The number of thioether (sulfide) groups is 1. The predicted molar refractivity (Wildman–Crippen MR) is 170 cm³/mol. The summed E-state index contributed by atoms with van der Waals surface area (Å²) in [6, 6.07) is 8.29. The number of rotatable bonds is 5. The van der Waals surface area contributed by atoms with Gasteiger partial charge in [-0.2, -0.15) is 0 Å². The quantitative estimate of drug-likeness (QED) is 0.267. The molecule has 4 nitrogen and oxygen atoms in total. The van der Waals surface area contributed by atoms with Crippen LogP contribution in [0.4, 0.5) is 0 Å². The number of carbonyl (C=O) groups excluding carboxylic acids is 1. The van der Waals surface area contributed by atoms with Crippen LogP contribution in [-0.2, 0) is 4.79 Å². The Bertz CT molecular complexity index is 1460. The van der Waals surface area contributed by atoms with Gasteiger partial charge in [0.25, 0.3) is 0 Å². The van der Waals surface area contributed by atoms with Crippen molar-refractivity contribution in [2.24, 2.45) is 39.4 Å². The summed E-state index contributed by atoms with van der Waals surface area (Å²) >= 11 is 3.44. The first-order chi connectivity index (χ1) is 20.1. The van der Waals surface area contributed by atoms with E-state index in [0.29, 0.717) is 17.5 Å². The standard InChI is InChI=1S/C36H45NO3S2/c1-32-15-12-24(38)20-34(32)18-19-36(25(21-34)30(39)23-8-4-3-5-9-23)28(32)13-16-33(2)29(36)14-17-35(33,40)22-41-31-37-26-10-6-7-11-27(26)42-31/h6-7,10-11,18-19,21,23-24,28-29,38,40H,3-5,8-9,12-17,20,22H2,1-2H3/t24?,28-,29-,32-,33+,34+,35-,36-/m1/s1. The molecule has 0 radical (unpaired) electrons. The lowest BCUT2D eigenvalue weighted by molar-refractivity contribution is -0.171. The molecule has 42 heavy (non-hydrogen) atoms. The molecule has 2 aromatic rings. The highest BCUT2D eigenvalue weighted by Crippen LogP contribution is 2.78. The molecule has 7 aliphatic rings. The van der Waals surface area contributed by atoms with Gasteiger partial charge in [0.05, 0.1) is 21.9 Å². The van der Waals surface area contributed by atoms with Crippen LogP contribution >= 0.6 is 23.1 Å². The molecule has 4 fully saturated rings. The predicted octanol–water partition coefficient (Wildman–Crippen LogP) is 8.13. The first-order valence-electron chi connectivity index (χ1n) is 16.5. The number of aliphatic hydroxyl groups excluding tert-OH is 1. The number of aliphatic hydroxyl groups is 2. The number of carbonyl (C=O) groups is 1. The van der Waals surface area contributed by atoms with Crippen LogP contribution in [0, 0.1) is 39.4 Å². The number of hydrogen-bond acceptors (Lipinski definition) is 6. The van der Waals surface area contributed by atoms with Gasteiger partial charge in [-0.3, -0.25) is 4.79 Å². The molecule has 0 amide bonds. The van der Waals surface area contributed by atoms with E-state index in [1.54, 1.807) is 23.1 Å². The van der Waals surface area contributed by atoms with E-state index in [9.17, 15) is 15.0 Å². The molecule has 6 heteroatoms. The average molecular weight is 604 g/mol. The van der Waals surface area contributed by atoms with Gasteiger partial charge in [-0.1, -0.05) is 75.2 Å². The molecule has 224 valence electrons. The summed E-state index contributed by atoms with van der Waals surface area (Å²) in [5.74, 6) is 1.79. The third kappa shape index (κ3) is 3.61. The maximum atomic E-state index is 14.7. The molecule has 9 rings (SSSR count). The van der Waals surface area contributed by atoms with Gasteiger partial charge in [-0.05, 0) is 87.2 Å². The third-order valence-corrected chi connectivity index (χ3v) is 16.1. The van der Waals surface area contributed by atoms with Crippen molar-refractivity contribution in [1.82, 2.24) is 4.98 Å². The number of fused-ring (bicyclic) bond motifs is 2. The van der Waals surface area contributed by atoms with E-state index in [-0.39, 0.29) is 39.6 Å². The van der Waals surface area contributed by atoms with Gasteiger partial charge >= 0.3 is 0 Å². The monoisotopic (exact) mass is 603 g/mol. The van der Waals surface area contributed by atoms with Crippen LogP contribution in [-0.4, -0.2) is 38.4 Å². The summed E-state index contributed by atoms with van der Waals surface area (Å²) in [6.07, 6.45) is 18.9. The van der Waals surface area contributed by atoms with E-state index in [1.807, 2.05) is 6.07 Å². The first-order valence-corrected chi connectivity index (χ1v) is 18.3. The fourth-order valence-corrected chi connectivity index (χ4v) is 13.7. The smallest absolute Gasteiger partial charge is 0.162 e. The van der Waals surface area contributed by atoms with Gasteiger partial charge in [-0.15, -0.1) is 11.3 Å². The molecule has 0 saturated heterocycles. The van der Waals surface area contributed by atoms with Crippen LogP contribution in [0.25, 0.3) is 10.2 Å². The molecule has 1 unspecified atom stereocenters. The SMILES string of the molecule is C[C@]12CC[C@H]3[C@]4(C=C[C@@]5(C=C4C(=O)C4CCCCC4)CC(O)CC[C@]35C)[C@@H]1CC[C@@]2(O)CSc1nc2ccccc2s1. The topological polar surface area (TPSA) is 70.4 Å². The van der Waals surface area contributed by atoms with Crippen LogP contribution in [0.1, 0.15) is 90.9 Å². The van der Waals surface area contributed by atoms with Crippen LogP contribution < -0.4 is 0 Å². The number of thiazole rings is 1. The molecule has 2 N–H and O–H groups in total. The second-order valence-corrected chi connectivity index (χ2v) is 17.5. The Morgan fingerprint density at radius 2 is 1.71 bits per heavy atom. The van der Waals surface area contributed by atoms with Crippen molar-refractivity contribution in [3.8, 4) is 0 Å². The van der Waals surface area contributed by atoms with Crippen molar-refractivity contribution in [3.05, 3.63) is 48.1 Å². The minimum atomic E-state index is -0.803. The molecule has 0 aliphatic heterocycles. The molecule has 7 aliphatic carbocycles. The van der Waals surface area contributed by atoms with E-state index in [0.717, 1.165) is 86.1 Å². The highest BCUT2D eigenvalue weighted by atomic mass is 32.2. The molecule has 1 heterocycles. The van der Waals surface area contributed by atoms with Crippen molar-refractivity contribution >= 4 is 39.1 Å². The minimum Gasteiger partial charge on any atom is -0.393 e. The Morgan fingerprint density at radius 3 is 2.52 bits per heavy atom. The number of hydrogen-bond donors (Lipinski definition) is 2. The third-order valence-electron chi connectivity index (χ3n) is 13.7. The molecule has 1 aromatic heterocycles. The second kappa shape index (κ2) is 9.52. The van der Waals surface area contributed by atoms with Crippen molar-refractivity contribution < 1.29 is 15.0 Å². The molecule has 8 atom stereocenters. The van der Waals surface area contributed by atoms with Crippen LogP contribution in [0.2, 0.25) is 0 Å². The van der Waals surface area contributed by atoms with E-state index < -0.39 is 5.60 Å². The Morgan fingerprint density at radius 1 is 0.976 bits per heavy atom. The Balaban J connectivity index is 1.18. The van der Waals surface area contributed by atoms with Gasteiger partial charge in [-0.25, -0.2) is 4.98 Å². The van der Waals surface area contributed by atoms with Gasteiger partial charge in [0, 0.05) is 33.5 Å². The largest absolute Gasteiger partial charge is 0.393 e. The zero-order valence-electron chi connectivity index (χ0n) is 25.1. The van der Waals surface area contributed by atoms with Gasteiger partial charge < -0.3 is 10.2 Å². The summed E-state index contributed by atoms with van der Waals surface area (Å²) in [6.45, 7) is 4.83. The summed E-state index contributed by atoms with van der Waals surface area (Å²) in [5.41, 5.74) is 0.523. The second-order valence-electron chi connectivity index (χ2n) is 15.2. The van der Waals surface area contributed by atoms with E-state index >= 15 is 0 Å². The fourth-order valence-electron chi connectivity index (χ4n) is 11.3. The maximum absolute atomic E-state index is 14.7. The number of ketones is 1. The molecule has 1 aromatic carbocycles. The normalized spacial score (nSPS) is 44.5. The average Bonchev–Trinajstić information content (AvgIpc) is 3.54. The summed E-state index contributed by atoms with van der Waals surface area (Å²) in [4.78, 5) is 19.5. The first kappa shape index (κ1) is 28.0. The van der Waals surface area contributed by atoms with E-state index in [4.69, 9.17) is 4.98 Å². The lowest BCUT2D eigenvalue weighted by Gasteiger charge is -2.71. The van der Waals surface area contributed by atoms with Crippen LogP contribution in [0.5, 0.6) is 0 Å². The number of nitrogens with zero attached hydrogens (tertiary/aromatic N) is 1. The number of allylic oxidation sites excluding steroid dienone is 4. The highest BCUT2D eigenvalue weighted by Gasteiger charge is 2.74. The minimum absolute atomic E-state index is 0.0368. The number of benzene rings is 1. The molecular weight excluding hydrogens is 559 g/mol. The fraction of sp³-hybridized carbons (Fsp3) is 0.667. The zero-order valence-corrected chi connectivity index (χ0v) is 26.7. The summed E-state index contributed by atoms with van der Waals surface area (Å²) in [5, 5.41) is 23.5. The van der Waals surface area contributed by atoms with E-state index in [2.05, 4.69) is 50.3 Å². The van der Waals surface area contributed by atoms with E-state index in [1.165, 1.54) is 11.1 Å². The molecular formula is C36H45NO3S2. The lowest BCUT2D eigenvalue weighted by atomic mass is 9.32. The Labute approximate surface area is 258 Å². The van der Waals surface area contributed by atoms with Gasteiger partial charge in [0.2, 0.25) is 0 Å². The van der Waals surface area contributed by atoms with Crippen molar-refractivity contribution in [3.63, 3.8) is 0 Å². The van der Waals surface area contributed by atoms with Crippen LogP contribution in [0.15, 0.2) is 52.4 Å². The highest BCUT2D eigenvalue weighted by molar-refractivity contribution is 8.01. The number of Topliss-reactive ketones (excluding diaryl/α,β-unsaturated/α-hetero) is 1. The number of aromatic nitrogens is 1. The van der Waals surface area contributed by atoms with Crippen LogP contribution in [0.3, 0.4) is 0 Å². The Kier molecular flexibility index (Phi) is 6.35. The number of para-hydroxylation sites is 1. The zero-order chi connectivity index (χ0) is 29.0. The summed E-state index contributed by atoms with van der Waals surface area (Å²) < 4.78 is 2.23. The van der Waals surface area contributed by atoms with Gasteiger partial charge in [0.15, 0.2) is 10.1 Å². The molecule has 2 spiro atoms. The lowest BCUT2D eigenvalue weighted by Crippen LogP contribution is -2.67.